The highest BCUT2D eigenvalue weighted by Gasteiger charge is 2.13. The van der Waals surface area contributed by atoms with Gasteiger partial charge in [0.2, 0.25) is 0 Å². The van der Waals surface area contributed by atoms with Crippen LogP contribution >= 0.6 is 11.6 Å². The van der Waals surface area contributed by atoms with Gasteiger partial charge in [-0.15, -0.1) is 0 Å². The zero-order valence-electron chi connectivity index (χ0n) is 18.8. The molecule has 0 saturated carbocycles. The van der Waals surface area contributed by atoms with Gasteiger partial charge in [0.05, 0.1) is 13.7 Å². The number of methoxy groups -OCH3 is 1. The zero-order chi connectivity index (χ0) is 24.3. The van der Waals surface area contributed by atoms with Crippen molar-refractivity contribution in [3.05, 3.63) is 82.9 Å². The number of hydrogen-bond acceptors (Lipinski definition) is 6. The summed E-state index contributed by atoms with van der Waals surface area (Å²) in [6.45, 7) is 2.33. The molecule has 178 valence electrons. The van der Waals surface area contributed by atoms with Gasteiger partial charge in [0.15, 0.2) is 29.6 Å². The van der Waals surface area contributed by atoms with Gasteiger partial charge in [0.1, 0.15) is 6.61 Å². The van der Waals surface area contributed by atoms with E-state index in [9.17, 15) is 9.59 Å². The smallest absolute Gasteiger partial charge is 0.276 e. The van der Waals surface area contributed by atoms with Gasteiger partial charge < -0.3 is 18.9 Å². The van der Waals surface area contributed by atoms with Crippen LogP contribution in [0.3, 0.4) is 0 Å². The molecule has 3 aromatic carbocycles. The molecular formula is C25H25ClN2O6. The minimum atomic E-state index is -0.533. The van der Waals surface area contributed by atoms with Gasteiger partial charge in [0.25, 0.3) is 11.8 Å². The van der Waals surface area contributed by atoms with E-state index in [0.717, 1.165) is 5.56 Å². The molecule has 2 N–H and O–H groups in total. The number of para-hydroxylation sites is 2. The lowest BCUT2D eigenvalue weighted by atomic mass is 10.2. The quantitative estimate of drug-likeness (QED) is 0.419. The minimum absolute atomic E-state index is 0.276. The van der Waals surface area contributed by atoms with E-state index < -0.39 is 11.8 Å². The summed E-state index contributed by atoms with van der Waals surface area (Å²) in [4.78, 5) is 24.6. The number of hydrazine groups is 1. The molecule has 9 heteroatoms. The van der Waals surface area contributed by atoms with Gasteiger partial charge in [-0.1, -0.05) is 35.9 Å². The van der Waals surface area contributed by atoms with E-state index in [2.05, 4.69) is 10.9 Å². The minimum Gasteiger partial charge on any atom is -0.493 e. The molecule has 0 aliphatic carbocycles. The van der Waals surface area contributed by atoms with Crippen molar-refractivity contribution in [1.82, 2.24) is 10.9 Å². The van der Waals surface area contributed by atoms with Crippen LogP contribution in [0.5, 0.6) is 23.0 Å². The molecule has 34 heavy (non-hydrogen) atoms. The van der Waals surface area contributed by atoms with Crippen molar-refractivity contribution in [1.29, 1.82) is 0 Å². The normalized spacial score (nSPS) is 10.2. The van der Waals surface area contributed by atoms with Gasteiger partial charge in [-0.2, -0.15) is 0 Å². The van der Waals surface area contributed by atoms with Crippen molar-refractivity contribution in [2.75, 3.05) is 20.3 Å². The third-order valence-electron chi connectivity index (χ3n) is 4.56. The number of halogens is 1. The Morgan fingerprint density at radius 1 is 0.824 bits per heavy atom. The number of benzene rings is 3. The maximum absolute atomic E-state index is 12.5. The number of carbonyl (C=O) groups excluding carboxylic acids is 2. The van der Waals surface area contributed by atoms with Crippen molar-refractivity contribution in [3.8, 4) is 23.0 Å². The van der Waals surface area contributed by atoms with Gasteiger partial charge in [-0.05, 0) is 55.0 Å². The molecule has 3 rings (SSSR count). The van der Waals surface area contributed by atoms with Crippen LogP contribution in [-0.4, -0.2) is 32.1 Å². The standard InChI is InChI=1S/C25H25ClN2O6/c1-3-32-20-6-4-5-7-21(20)34-16-24(29)27-28-25(30)18-10-13-22(23(14-18)31-2)33-15-17-8-11-19(26)12-9-17/h4-14H,3,15-16H2,1-2H3,(H,27,29)(H,28,30). The van der Waals surface area contributed by atoms with E-state index >= 15 is 0 Å². The van der Waals surface area contributed by atoms with Crippen molar-refractivity contribution >= 4 is 23.4 Å². The number of amides is 2. The summed E-state index contributed by atoms with van der Waals surface area (Å²) in [5.41, 5.74) is 5.88. The third kappa shape index (κ3) is 7.05. The van der Waals surface area contributed by atoms with Crippen molar-refractivity contribution in [2.24, 2.45) is 0 Å². The predicted molar refractivity (Wildman–Crippen MR) is 127 cm³/mol. The SMILES string of the molecule is CCOc1ccccc1OCC(=O)NNC(=O)c1ccc(OCc2ccc(Cl)cc2)c(OC)c1. The lowest BCUT2D eigenvalue weighted by molar-refractivity contribution is -0.123. The van der Waals surface area contributed by atoms with E-state index in [1.54, 1.807) is 48.5 Å². The largest absolute Gasteiger partial charge is 0.493 e. The van der Waals surface area contributed by atoms with E-state index in [1.165, 1.54) is 13.2 Å². The molecule has 0 unspecified atom stereocenters. The first-order chi connectivity index (χ1) is 16.5. The molecule has 0 radical (unpaired) electrons. The Morgan fingerprint density at radius 3 is 2.18 bits per heavy atom. The van der Waals surface area contributed by atoms with Gasteiger partial charge in [0, 0.05) is 10.6 Å². The molecule has 2 amide bonds. The molecular weight excluding hydrogens is 460 g/mol. The summed E-state index contributed by atoms with van der Waals surface area (Å²) in [6.07, 6.45) is 0. The van der Waals surface area contributed by atoms with Crippen LogP contribution in [-0.2, 0) is 11.4 Å². The first-order valence-electron chi connectivity index (χ1n) is 10.5. The van der Waals surface area contributed by atoms with Gasteiger partial charge >= 0.3 is 0 Å². The van der Waals surface area contributed by atoms with Crippen molar-refractivity contribution in [2.45, 2.75) is 13.5 Å². The summed E-state index contributed by atoms with van der Waals surface area (Å²) >= 11 is 5.90. The summed E-state index contributed by atoms with van der Waals surface area (Å²) in [6, 6.07) is 19.0. The Hall–Kier alpha value is -3.91. The molecule has 0 fully saturated rings. The van der Waals surface area contributed by atoms with Crippen LogP contribution in [0.25, 0.3) is 0 Å². The molecule has 0 aliphatic rings. The maximum atomic E-state index is 12.5. The van der Waals surface area contributed by atoms with Gasteiger partial charge in [-0.3, -0.25) is 20.4 Å². The second-order valence-corrected chi connectivity index (χ2v) is 7.39. The van der Waals surface area contributed by atoms with Crippen LogP contribution < -0.4 is 29.8 Å². The fourth-order valence-electron chi connectivity index (χ4n) is 2.89. The first-order valence-corrected chi connectivity index (χ1v) is 10.9. The van der Waals surface area contributed by atoms with Crippen molar-refractivity contribution in [3.63, 3.8) is 0 Å². The lowest BCUT2D eigenvalue weighted by Gasteiger charge is -2.13. The Labute approximate surface area is 202 Å². The number of rotatable bonds is 10. The number of carbonyl (C=O) groups is 2. The third-order valence-corrected chi connectivity index (χ3v) is 4.81. The number of nitrogens with one attached hydrogen (secondary N) is 2. The summed E-state index contributed by atoms with van der Waals surface area (Å²) in [5.74, 6) is 0.764. The summed E-state index contributed by atoms with van der Waals surface area (Å²) in [5, 5.41) is 0.644. The molecule has 0 heterocycles. The fraction of sp³-hybridized carbons (Fsp3) is 0.200. The molecule has 0 atom stereocenters. The molecule has 0 aliphatic heterocycles. The number of ether oxygens (including phenoxy) is 4. The highest BCUT2D eigenvalue weighted by molar-refractivity contribution is 6.30. The van der Waals surface area contributed by atoms with E-state index in [1.807, 2.05) is 19.1 Å². The highest BCUT2D eigenvalue weighted by atomic mass is 35.5. The Bertz CT molecular complexity index is 1120. The molecule has 3 aromatic rings. The van der Waals surface area contributed by atoms with Crippen LogP contribution in [0.1, 0.15) is 22.8 Å². The molecule has 8 nitrogen and oxygen atoms in total. The predicted octanol–water partition coefficient (Wildman–Crippen LogP) is 4.17. The van der Waals surface area contributed by atoms with Crippen LogP contribution in [0.15, 0.2) is 66.7 Å². The van der Waals surface area contributed by atoms with Crippen LogP contribution in [0, 0.1) is 0 Å². The topological polar surface area (TPSA) is 95.1 Å². The van der Waals surface area contributed by atoms with Crippen LogP contribution in [0.2, 0.25) is 5.02 Å². The summed E-state index contributed by atoms with van der Waals surface area (Å²) in [7, 11) is 1.48. The summed E-state index contributed by atoms with van der Waals surface area (Å²) < 4.78 is 22.1. The van der Waals surface area contributed by atoms with E-state index in [4.69, 9.17) is 30.5 Å². The van der Waals surface area contributed by atoms with Gasteiger partial charge in [-0.25, -0.2) is 0 Å². The molecule has 0 bridgehead atoms. The zero-order valence-corrected chi connectivity index (χ0v) is 19.6. The maximum Gasteiger partial charge on any atom is 0.276 e. The second-order valence-electron chi connectivity index (χ2n) is 6.95. The molecule has 0 spiro atoms. The Balaban J connectivity index is 1.52. The Kier molecular flexibility index (Phi) is 8.99. The average molecular weight is 485 g/mol. The van der Waals surface area contributed by atoms with Crippen LogP contribution in [0.4, 0.5) is 0 Å². The monoisotopic (exact) mass is 484 g/mol. The van der Waals surface area contributed by atoms with E-state index in [-0.39, 0.29) is 12.2 Å². The molecule has 0 saturated heterocycles. The first kappa shape index (κ1) is 24.7. The number of hydrogen-bond donors (Lipinski definition) is 2. The Morgan fingerprint density at radius 2 is 1.50 bits per heavy atom. The highest BCUT2D eigenvalue weighted by Crippen LogP contribution is 2.29. The van der Waals surface area contributed by atoms with E-state index in [0.29, 0.717) is 41.2 Å². The van der Waals surface area contributed by atoms with Crippen molar-refractivity contribution < 1.29 is 28.5 Å². The lowest BCUT2D eigenvalue weighted by Crippen LogP contribution is -2.43. The fourth-order valence-corrected chi connectivity index (χ4v) is 3.02. The second kappa shape index (κ2) is 12.4. The average Bonchev–Trinajstić information content (AvgIpc) is 2.86. The molecule has 0 aromatic heterocycles.